The van der Waals surface area contributed by atoms with Crippen LogP contribution in [-0.2, 0) is 4.79 Å². The van der Waals surface area contributed by atoms with Crippen molar-refractivity contribution in [3.05, 3.63) is 32.5 Å². The van der Waals surface area contributed by atoms with Crippen LogP contribution in [0.15, 0.2) is 15.7 Å². The van der Waals surface area contributed by atoms with E-state index in [1.807, 2.05) is 4.98 Å². The van der Waals surface area contributed by atoms with Gasteiger partial charge in [-0.3, -0.25) is 19.6 Å². The summed E-state index contributed by atoms with van der Waals surface area (Å²) in [4.78, 5) is 36.0. The molecule has 0 amide bonds. The summed E-state index contributed by atoms with van der Waals surface area (Å²) in [5, 5.41) is 0. The molecule has 0 aliphatic heterocycles. The predicted octanol–water partition coefficient (Wildman–Crippen LogP) is -0.210. The third kappa shape index (κ3) is 3.06. The van der Waals surface area contributed by atoms with Gasteiger partial charge in [-0.15, -0.1) is 0 Å². The van der Waals surface area contributed by atoms with E-state index in [0.717, 1.165) is 0 Å². The molecule has 0 saturated carbocycles. The molecule has 0 atom stereocenters. The Hall–Kier alpha value is -2.32. The van der Waals surface area contributed by atoms with E-state index in [1.165, 1.54) is 0 Å². The highest BCUT2D eigenvalue weighted by molar-refractivity contribution is 5.98. The second-order valence-electron chi connectivity index (χ2n) is 2.93. The van der Waals surface area contributed by atoms with Crippen LogP contribution in [-0.4, -0.2) is 21.9 Å². The Kier molecular flexibility index (Phi) is 3.21. The smallest absolute Gasteiger partial charge is 0.384 e. The third-order valence-corrected chi connectivity index (χ3v) is 1.69. The van der Waals surface area contributed by atoms with E-state index in [1.54, 1.807) is 4.98 Å². The molecule has 4 N–H and O–H groups in total. The molecule has 0 saturated heterocycles. The molecular weight excluding hydrogens is 243 g/mol. The Morgan fingerprint density at radius 3 is 2.29 bits per heavy atom. The molecular formula is C8H6F3N3O3. The Bertz CT molecular complexity index is 582. The van der Waals surface area contributed by atoms with Crippen LogP contribution in [0.25, 0.3) is 6.08 Å². The van der Waals surface area contributed by atoms with Crippen molar-refractivity contribution in [1.82, 2.24) is 9.97 Å². The highest BCUT2D eigenvalue weighted by Gasteiger charge is 2.36. The minimum absolute atomic E-state index is 0.152. The molecule has 1 heterocycles. The first-order valence-electron chi connectivity index (χ1n) is 4.13. The van der Waals surface area contributed by atoms with E-state index in [0.29, 0.717) is 6.08 Å². The standard InChI is InChI=1S/C8H6F3N3O3/c9-8(10,11)4(15)2-1-3-5(12)13-7(17)14-6(3)16/h1-2H,(H4,12,13,14,16,17)/b2-1+. The summed E-state index contributed by atoms with van der Waals surface area (Å²) in [5.74, 6) is -2.56. The number of carbonyl (C=O) groups is 1. The minimum Gasteiger partial charge on any atom is -0.384 e. The van der Waals surface area contributed by atoms with Crippen molar-refractivity contribution in [2.75, 3.05) is 5.73 Å². The maximum Gasteiger partial charge on any atom is 0.454 e. The Morgan fingerprint density at radius 2 is 1.82 bits per heavy atom. The van der Waals surface area contributed by atoms with Crippen LogP contribution in [0.4, 0.5) is 19.0 Å². The number of ketones is 1. The van der Waals surface area contributed by atoms with Crippen LogP contribution >= 0.6 is 0 Å². The van der Waals surface area contributed by atoms with Crippen LogP contribution in [0.1, 0.15) is 5.56 Å². The van der Waals surface area contributed by atoms with E-state index < -0.39 is 34.6 Å². The number of allylic oxidation sites excluding steroid dienone is 1. The molecule has 0 fully saturated rings. The SMILES string of the molecule is Nc1[nH]c(=O)[nH]c(=O)c1/C=C/C(=O)C(F)(F)F. The molecule has 92 valence electrons. The monoisotopic (exact) mass is 249 g/mol. The summed E-state index contributed by atoms with van der Waals surface area (Å²) in [6.45, 7) is 0. The van der Waals surface area contributed by atoms with Gasteiger partial charge in [-0.05, 0) is 12.2 Å². The molecule has 1 rings (SSSR count). The summed E-state index contributed by atoms with van der Waals surface area (Å²) in [5.41, 5.74) is 2.88. The molecule has 0 aromatic carbocycles. The van der Waals surface area contributed by atoms with Crippen LogP contribution in [0, 0.1) is 0 Å². The van der Waals surface area contributed by atoms with Crippen LogP contribution in [0.3, 0.4) is 0 Å². The second kappa shape index (κ2) is 4.28. The zero-order chi connectivity index (χ0) is 13.2. The van der Waals surface area contributed by atoms with Crippen molar-refractivity contribution >= 4 is 17.7 Å². The summed E-state index contributed by atoms with van der Waals surface area (Å²) >= 11 is 0. The fourth-order valence-electron chi connectivity index (χ4n) is 0.933. The van der Waals surface area contributed by atoms with E-state index >= 15 is 0 Å². The predicted molar refractivity (Wildman–Crippen MR) is 52.2 cm³/mol. The first-order valence-corrected chi connectivity index (χ1v) is 4.13. The summed E-state index contributed by atoms with van der Waals surface area (Å²) < 4.78 is 35.5. The number of alkyl halides is 3. The average Bonchev–Trinajstić information content (AvgIpc) is 2.13. The second-order valence-corrected chi connectivity index (χ2v) is 2.93. The molecule has 0 spiro atoms. The number of anilines is 1. The van der Waals surface area contributed by atoms with Crippen molar-refractivity contribution < 1.29 is 18.0 Å². The molecule has 0 radical (unpaired) electrons. The number of nitrogen functional groups attached to an aromatic ring is 1. The first-order chi connectivity index (χ1) is 7.71. The van der Waals surface area contributed by atoms with Crippen LogP contribution < -0.4 is 17.0 Å². The fraction of sp³-hybridized carbons (Fsp3) is 0.125. The summed E-state index contributed by atoms with van der Waals surface area (Å²) in [6, 6.07) is 0. The van der Waals surface area contributed by atoms with Gasteiger partial charge in [0.2, 0.25) is 0 Å². The number of nitrogens with two attached hydrogens (primary N) is 1. The van der Waals surface area contributed by atoms with E-state index in [-0.39, 0.29) is 6.08 Å². The maximum atomic E-state index is 11.8. The quantitative estimate of drug-likeness (QED) is 0.630. The van der Waals surface area contributed by atoms with E-state index in [2.05, 4.69) is 0 Å². The number of halogens is 3. The largest absolute Gasteiger partial charge is 0.454 e. The van der Waals surface area contributed by atoms with Crippen molar-refractivity contribution in [3.63, 3.8) is 0 Å². The van der Waals surface area contributed by atoms with Gasteiger partial charge in [0.05, 0.1) is 5.56 Å². The maximum absolute atomic E-state index is 11.8. The van der Waals surface area contributed by atoms with Crippen LogP contribution in [0.2, 0.25) is 0 Å². The number of carbonyl (C=O) groups excluding carboxylic acids is 1. The van der Waals surface area contributed by atoms with Gasteiger partial charge in [0.25, 0.3) is 11.3 Å². The van der Waals surface area contributed by atoms with Gasteiger partial charge in [0, 0.05) is 0 Å². The number of aromatic amines is 2. The van der Waals surface area contributed by atoms with E-state index in [9.17, 15) is 27.6 Å². The topological polar surface area (TPSA) is 109 Å². The Labute approximate surface area is 91.0 Å². The molecule has 0 bridgehead atoms. The first kappa shape index (κ1) is 12.7. The van der Waals surface area contributed by atoms with Gasteiger partial charge >= 0.3 is 11.9 Å². The molecule has 1 aromatic heterocycles. The Morgan fingerprint density at radius 1 is 1.24 bits per heavy atom. The highest BCUT2D eigenvalue weighted by atomic mass is 19.4. The lowest BCUT2D eigenvalue weighted by molar-refractivity contribution is -0.165. The number of hydrogen-bond acceptors (Lipinski definition) is 4. The molecule has 1 aromatic rings. The van der Waals surface area contributed by atoms with Crippen molar-refractivity contribution in [1.29, 1.82) is 0 Å². The highest BCUT2D eigenvalue weighted by Crippen LogP contribution is 2.17. The molecule has 0 unspecified atom stereocenters. The number of hydrogen-bond donors (Lipinski definition) is 3. The van der Waals surface area contributed by atoms with Gasteiger partial charge in [-0.2, -0.15) is 13.2 Å². The zero-order valence-corrected chi connectivity index (χ0v) is 8.09. The van der Waals surface area contributed by atoms with Crippen molar-refractivity contribution in [2.45, 2.75) is 6.18 Å². The third-order valence-electron chi connectivity index (χ3n) is 1.69. The molecule has 9 heteroatoms. The van der Waals surface area contributed by atoms with Gasteiger partial charge < -0.3 is 5.73 Å². The lowest BCUT2D eigenvalue weighted by atomic mass is 10.2. The summed E-state index contributed by atoms with van der Waals surface area (Å²) in [6.07, 6.45) is -4.29. The Balaban J connectivity index is 3.14. The van der Waals surface area contributed by atoms with Gasteiger partial charge in [0.15, 0.2) is 0 Å². The molecule has 0 aliphatic rings. The average molecular weight is 249 g/mol. The number of nitrogens with one attached hydrogen (secondary N) is 2. The fourth-order valence-corrected chi connectivity index (χ4v) is 0.933. The normalized spacial score (nSPS) is 11.9. The number of aromatic nitrogens is 2. The summed E-state index contributed by atoms with van der Waals surface area (Å²) in [7, 11) is 0. The number of H-pyrrole nitrogens is 2. The zero-order valence-electron chi connectivity index (χ0n) is 8.09. The van der Waals surface area contributed by atoms with Gasteiger partial charge in [0.1, 0.15) is 5.82 Å². The van der Waals surface area contributed by atoms with E-state index in [4.69, 9.17) is 5.73 Å². The van der Waals surface area contributed by atoms with Gasteiger partial charge in [-0.1, -0.05) is 0 Å². The minimum atomic E-state index is -5.03. The lowest BCUT2D eigenvalue weighted by Gasteiger charge is -2.00. The lowest BCUT2D eigenvalue weighted by Crippen LogP contribution is -2.26. The van der Waals surface area contributed by atoms with Crippen LogP contribution in [0.5, 0.6) is 0 Å². The molecule has 0 aliphatic carbocycles. The number of rotatable bonds is 2. The molecule has 6 nitrogen and oxygen atoms in total. The molecule has 17 heavy (non-hydrogen) atoms. The van der Waals surface area contributed by atoms with Crippen molar-refractivity contribution in [3.8, 4) is 0 Å². The van der Waals surface area contributed by atoms with Gasteiger partial charge in [-0.25, -0.2) is 4.79 Å². The van der Waals surface area contributed by atoms with Crippen molar-refractivity contribution in [2.24, 2.45) is 0 Å².